The summed E-state index contributed by atoms with van der Waals surface area (Å²) in [7, 11) is 0. The molecule has 0 saturated carbocycles. The standard InChI is InChI=1S/C12H13FN2O2S/c1-18-7-6-10-11(16)15(12(17)14-10)9-4-2-8(13)3-5-9/h2-5,10H,6-7H2,1H3,(H,14,17). The fourth-order valence-electron chi connectivity index (χ4n) is 1.80. The van der Waals surface area contributed by atoms with Crippen molar-refractivity contribution in [3.63, 3.8) is 0 Å². The molecule has 96 valence electrons. The van der Waals surface area contributed by atoms with Gasteiger partial charge >= 0.3 is 6.03 Å². The molecule has 1 aromatic rings. The number of hydrogen-bond donors (Lipinski definition) is 1. The number of imide groups is 1. The zero-order chi connectivity index (χ0) is 13.1. The van der Waals surface area contributed by atoms with Crippen molar-refractivity contribution in [1.29, 1.82) is 0 Å². The highest BCUT2D eigenvalue weighted by atomic mass is 32.2. The van der Waals surface area contributed by atoms with Gasteiger partial charge in [0.25, 0.3) is 5.91 Å². The van der Waals surface area contributed by atoms with Gasteiger partial charge in [0.05, 0.1) is 5.69 Å². The van der Waals surface area contributed by atoms with E-state index < -0.39 is 17.9 Å². The number of anilines is 1. The Morgan fingerprint density at radius 2 is 2.00 bits per heavy atom. The predicted molar refractivity (Wildman–Crippen MR) is 69.2 cm³/mol. The molecule has 0 aliphatic carbocycles. The van der Waals surface area contributed by atoms with Crippen molar-refractivity contribution in [3.05, 3.63) is 30.1 Å². The normalized spacial score (nSPS) is 19.2. The largest absolute Gasteiger partial charge is 0.329 e. The van der Waals surface area contributed by atoms with Gasteiger partial charge in [-0.25, -0.2) is 14.1 Å². The zero-order valence-corrected chi connectivity index (χ0v) is 10.7. The molecule has 1 heterocycles. The molecule has 6 heteroatoms. The van der Waals surface area contributed by atoms with Crippen LogP contribution in [0.25, 0.3) is 0 Å². The van der Waals surface area contributed by atoms with Gasteiger partial charge < -0.3 is 5.32 Å². The summed E-state index contributed by atoms with van der Waals surface area (Å²) in [4.78, 5) is 24.8. The van der Waals surface area contributed by atoms with E-state index in [1.165, 1.54) is 24.3 Å². The van der Waals surface area contributed by atoms with E-state index in [0.29, 0.717) is 12.1 Å². The van der Waals surface area contributed by atoms with Gasteiger partial charge in [-0.15, -0.1) is 0 Å². The molecule has 1 atom stereocenters. The van der Waals surface area contributed by atoms with Gasteiger partial charge in [0, 0.05) is 0 Å². The van der Waals surface area contributed by atoms with E-state index in [2.05, 4.69) is 5.32 Å². The Hall–Kier alpha value is -1.56. The van der Waals surface area contributed by atoms with Crippen LogP contribution >= 0.6 is 11.8 Å². The number of benzene rings is 1. The number of carbonyl (C=O) groups excluding carboxylic acids is 2. The molecule has 1 aliphatic heterocycles. The number of hydrogen-bond acceptors (Lipinski definition) is 3. The zero-order valence-electron chi connectivity index (χ0n) is 9.85. The number of nitrogens with one attached hydrogen (secondary N) is 1. The van der Waals surface area contributed by atoms with Crippen molar-refractivity contribution in [2.75, 3.05) is 16.9 Å². The average molecular weight is 268 g/mol. The van der Waals surface area contributed by atoms with E-state index in [1.807, 2.05) is 6.26 Å². The van der Waals surface area contributed by atoms with Crippen LogP contribution in [0.5, 0.6) is 0 Å². The van der Waals surface area contributed by atoms with Crippen LogP contribution in [0, 0.1) is 5.82 Å². The van der Waals surface area contributed by atoms with Crippen LogP contribution in [0.2, 0.25) is 0 Å². The molecule has 1 aliphatic rings. The number of halogens is 1. The minimum atomic E-state index is -0.477. The Kier molecular flexibility index (Phi) is 3.86. The Bertz CT molecular complexity index is 464. The van der Waals surface area contributed by atoms with Gasteiger partial charge in [0.2, 0.25) is 0 Å². The molecule has 1 aromatic carbocycles. The van der Waals surface area contributed by atoms with Gasteiger partial charge in [0.1, 0.15) is 11.9 Å². The molecule has 3 amide bonds. The van der Waals surface area contributed by atoms with E-state index in [4.69, 9.17) is 0 Å². The minimum absolute atomic E-state index is 0.277. The molecule has 0 spiro atoms. The second-order valence-corrected chi connectivity index (χ2v) is 4.92. The number of rotatable bonds is 4. The number of thioether (sulfide) groups is 1. The molecule has 2 rings (SSSR count). The summed E-state index contributed by atoms with van der Waals surface area (Å²) in [5.41, 5.74) is 0.394. The van der Waals surface area contributed by atoms with Gasteiger partial charge in [0.15, 0.2) is 0 Å². The molecule has 4 nitrogen and oxygen atoms in total. The average Bonchev–Trinajstić information content (AvgIpc) is 2.63. The first-order valence-electron chi connectivity index (χ1n) is 5.52. The first-order valence-corrected chi connectivity index (χ1v) is 6.92. The van der Waals surface area contributed by atoms with E-state index in [0.717, 1.165) is 10.7 Å². The summed E-state index contributed by atoms with van der Waals surface area (Å²) >= 11 is 1.62. The summed E-state index contributed by atoms with van der Waals surface area (Å²) in [6.45, 7) is 0. The third-order valence-corrected chi connectivity index (χ3v) is 3.36. The van der Waals surface area contributed by atoms with Gasteiger partial charge in [-0.05, 0) is 42.7 Å². The summed E-state index contributed by atoms with van der Waals surface area (Å²) < 4.78 is 12.8. The molecular weight excluding hydrogens is 255 g/mol. The first-order chi connectivity index (χ1) is 8.63. The number of carbonyl (C=O) groups is 2. The van der Waals surface area contributed by atoms with Crippen molar-refractivity contribution in [1.82, 2.24) is 5.32 Å². The molecule has 1 N–H and O–H groups in total. The van der Waals surface area contributed by atoms with E-state index in [1.54, 1.807) is 11.8 Å². The van der Waals surface area contributed by atoms with Crippen molar-refractivity contribution in [2.45, 2.75) is 12.5 Å². The lowest BCUT2D eigenvalue weighted by Gasteiger charge is -2.12. The smallest absolute Gasteiger partial charge is 0.325 e. The minimum Gasteiger partial charge on any atom is -0.325 e. The van der Waals surface area contributed by atoms with Gasteiger partial charge in [-0.3, -0.25) is 4.79 Å². The summed E-state index contributed by atoms with van der Waals surface area (Å²) in [6, 6.07) is 4.37. The predicted octanol–water partition coefficient (Wildman–Crippen LogP) is 2.00. The Balaban J connectivity index is 2.16. The second kappa shape index (κ2) is 5.39. The third-order valence-electron chi connectivity index (χ3n) is 2.71. The monoisotopic (exact) mass is 268 g/mol. The highest BCUT2D eigenvalue weighted by molar-refractivity contribution is 7.98. The van der Waals surface area contributed by atoms with Gasteiger partial charge in [-0.2, -0.15) is 11.8 Å². The lowest BCUT2D eigenvalue weighted by molar-refractivity contribution is -0.118. The number of nitrogens with zero attached hydrogens (tertiary/aromatic N) is 1. The van der Waals surface area contributed by atoms with Crippen LogP contribution in [-0.4, -0.2) is 30.0 Å². The number of amides is 3. The van der Waals surface area contributed by atoms with Crippen molar-refractivity contribution in [3.8, 4) is 0 Å². The lowest BCUT2D eigenvalue weighted by Crippen LogP contribution is -2.31. The van der Waals surface area contributed by atoms with Crippen LogP contribution in [0.15, 0.2) is 24.3 Å². The molecule has 1 saturated heterocycles. The van der Waals surface area contributed by atoms with E-state index in [-0.39, 0.29) is 5.91 Å². The maximum absolute atomic E-state index is 12.8. The maximum Gasteiger partial charge on any atom is 0.329 e. The third kappa shape index (κ3) is 2.48. The van der Waals surface area contributed by atoms with E-state index in [9.17, 15) is 14.0 Å². The van der Waals surface area contributed by atoms with Crippen LogP contribution in [0.4, 0.5) is 14.9 Å². The lowest BCUT2D eigenvalue weighted by atomic mass is 10.2. The molecule has 0 radical (unpaired) electrons. The van der Waals surface area contributed by atoms with Crippen molar-refractivity contribution >= 4 is 29.4 Å². The number of urea groups is 1. The van der Waals surface area contributed by atoms with E-state index >= 15 is 0 Å². The molecule has 0 aromatic heterocycles. The topological polar surface area (TPSA) is 49.4 Å². The Morgan fingerprint density at radius 3 is 2.61 bits per heavy atom. The summed E-state index contributed by atoms with van der Waals surface area (Å²) in [5, 5.41) is 2.63. The van der Waals surface area contributed by atoms with Crippen LogP contribution < -0.4 is 10.2 Å². The molecule has 1 unspecified atom stereocenters. The van der Waals surface area contributed by atoms with Crippen LogP contribution in [-0.2, 0) is 4.79 Å². The molecule has 18 heavy (non-hydrogen) atoms. The van der Waals surface area contributed by atoms with Crippen molar-refractivity contribution < 1.29 is 14.0 Å². The second-order valence-electron chi connectivity index (χ2n) is 3.93. The molecule has 1 fully saturated rings. The van der Waals surface area contributed by atoms with Crippen LogP contribution in [0.3, 0.4) is 0 Å². The maximum atomic E-state index is 12.8. The fraction of sp³-hybridized carbons (Fsp3) is 0.333. The molecular formula is C12H13FN2O2S. The molecule has 0 bridgehead atoms. The van der Waals surface area contributed by atoms with Crippen molar-refractivity contribution in [2.24, 2.45) is 0 Å². The van der Waals surface area contributed by atoms with Crippen LogP contribution in [0.1, 0.15) is 6.42 Å². The summed E-state index contributed by atoms with van der Waals surface area (Å²) in [6.07, 6.45) is 2.54. The quantitative estimate of drug-likeness (QED) is 0.850. The fourth-order valence-corrected chi connectivity index (χ4v) is 2.27. The first kappa shape index (κ1) is 12.9. The SMILES string of the molecule is CSCCC1NC(=O)N(c2ccc(F)cc2)C1=O. The highest BCUT2D eigenvalue weighted by Gasteiger charge is 2.38. The highest BCUT2D eigenvalue weighted by Crippen LogP contribution is 2.21. The summed E-state index contributed by atoms with van der Waals surface area (Å²) in [5.74, 6) is 0.124. The Morgan fingerprint density at radius 1 is 1.33 bits per heavy atom. The Labute approximate surface area is 109 Å². The van der Waals surface area contributed by atoms with Gasteiger partial charge in [-0.1, -0.05) is 0 Å².